The number of carbonyl (C=O) groups is 2. The van der Waals surface area contributed by atoms with Crippen LogP contribution in [0.1, 0.15) is 25.7 Å². The van der Waals surface area contributed by atoms with Crippen molar-refractivity contribution in [3.63, 3.8) is 0 Å². The van der Waals surface area contributed by atoms with Gasteiger partial charge in [-0.15, -0.1) is 0 Å². The first-order chi connectivity index (χ1) is 16.3. The maximum absolute atomic E-state index is 12.0. The van der Waals surface area contributed by atoms with E-state index >= 15 is 0 Å². The fourth-order valence-corrected chi connectivity index (χ4v) is 3.95. The van der Waals surface area contributed by atoms with Gasteiger partial charge in [-0.3, -0.25) is 19.7 Å². The summed E-state index contributed by atoms with van der Waals surface area (Å²) in [4.78, 5) is 34.4. The third-order valence-electron chi connectivity index (χ3n) is 5.38. The maximum Gasteiger partial charge on any atom is 0.303 e. The Morgan fingerprint density at radius 2 is 1.76 bits per heavy atom. The molecule has 11 heteroatoms. The highest BCUT2D eigenvalue weighted by atomic mass is 16.8. The van der Waals surface area contributed by atoms with E-state index in [2.05, 4.69) is 5.32 Å². The summed E-state index contributed by atoms with van der Waals surface area (Å²) >= 11 is 0. The van der Waals surface area contributed by atoms with Crippen LogP contribution in [-0.2, 0) is 28.5 Å². The minimum absolute atomic E-state index is 0.103. The van der Waals surface area contributed by atoms with Crippen LogP contribution in [0, 0.1) is 10.1 Å². The Kier molecular flexibility index (Phi) is 7.06. The van der Waals surface area contributed by atoms with Crippen LogP contribution in [0.15, 0.2) is 54.6 Å². The lowest BCUT2D eigenvalue weighted by Gasteiger charge is -2.48. The maximum atomic E-state index is 12.0. The molecular formula is C23H24N2O9. The zero-order valence-electron chi connectivity index (χ0n) is 18.5. The van der Waals surface area contributed by atoms with Crippen molar-refractivity contribution in [3.8, 4) is 5.75 Å². The van der Waals surface area contributed by atoms with Crippen molar-refractivity contribution in [3.05, 3.63) is 70.3 Å². The molecule has 2 saturated heterocycles. The fraction of sp³-hybridized carbons (Fsp3) is 0.391. The number of nitro benzene ring substituents is 1. The fourth-order valence-electron chi connectivity index (χ4n) is 3.95. The summed E-state index contributed by atoms with van der Waals surface area (Å²) in [5, 5.41) is 13.7. The number of nitrogens with one attached hydrogen (secondary N) is 1. The van der Waals surface area contributed by atoms with Crippen molar-refractivity contribution in [1.29, 1.82) is 0 Å². The van der Waals surface area contributed by atoms with Crippen LogP contribution in [0.5, 0.6) is 5.75 Å². The van der Waals surface area contributed by atoms with Crippen LogP contribution in [0.3, 0.4) is 0 Å². The van der Waals surface area contributed by atoms with E-state index < -0.39 is 53.7 Å². The Bertz CT molecular complexity index is 1030. The average Bonchev–Trinajstić information content (AvgIpc) is 2.81. The van der Waals surface area contributed by atoms with Crippen molar-refractivity contribution in [2.75, 3.05) is 6.61 Å². The number of non-ortho nitro benzene ring substituents is 1. The van der Waals surface area contributed by atoms with Crippen molar-refractivity contribution in [2.45, 2.75) is 50.8 Å². The quantitative estimate of drug-likeness (QED) is 0.381. The highest BCUT2D eigenvalue weighted by Gasteiger charge is 2.53. The van der Waals surface area contributed by atoms with Gasteiger partial charge in [-0.25, -0.2) is 0 Å². The van der Waals surface area contributed by atoms with Crippen molar-refractivity contribution < 1.29 is 38.2 Å². The lowest BCUT2D eigenvalue weighted by atomic mass is 9.95. The number of amides is 1. The first-order valence-corrected chi connectivity index (χ1v) is 10.6. The summed E-state index contributed by atoms with van der Waals surface area (Å²) in [6.45, 7) is 2.70. The van der Waals surface area contributed by atoms with Crippen LogP contribution < -0.4 is 10.1 Å². The lowest BCUT2D eigenvalue weighted by Crippen LogP contribution is -2.68. The van der Waals surface area contributed by atoms with Gasteiger partial charge in [0.05, 0.1) is 11.5 Å². The van der Waals surface area contributed by atoms with Gasteiger partial charge in [0.1, 0.15) is 24.0 Å². The summed E-state index contributed by atoms with van der Waals surface area (Å²) in [6.07, 6.45) is -4.17. The van der Waals surface area contributed by atoms with Crippen LogP contribution in [-0.4, -0.2) is 54.1 Å². The Balaban J connectivity index is 1.60. The minimum Gasteiger partial charge on any atom is -0.463 e. The summed E-state index contributed by atoms with van der Waals surface area (Å²) in [5.74, 6) is -0.694. The van der Waals surface area contributed by atoms with Gasteiger partial charge in [0.2, 0.25) is 12.2 Å². The summed E-state index contributed by atoms with van der Waals surface area (Å²) in [6, 6.07) is 13.7. The molecule has 0 bridgehead atoms. The van der Waals surface area contributed by atoms with Gasteiger partial charge >= 0.3 is 5.97 Å². The summed E-state index contributed by atoms with van der Waals surface area (Å²) < 4.78 is 29.6. The first kappa shape index (κ1) is 23.6. The monoisotopic (exact) mass is 472 g/mol. The molecule has 2 aliphatic heterocycles. The van der Waals surface area contributed by atoms with E-state index in [-0.39, 0.29) is 18.0 Å². The van der Waals surface area contributed by atoms with Gasteiger partial charge in [-0.05, 0) is 12.1 Å². The van der Waals surface area contributed by atoms with Crippen LogP contribution in [0.4, 0.5) is 5.69 Å². The molecule has 0 spiro atoms. The SMILES string of the molecule is CC(=O)N[C@H]1[C@@H](Oc2ccc([N+](=O)[O-])cc2)O[C@@H]2CO[C@@H](c3ccccc3)O[C@H]2[C@@H]1OC(C)=O. The number of fused-ring (bicyclic) bond motifs is 1. The van der Waals surface area contributed by atoms with Gasteiger partial charge in [0.15, 0.2) is 12.4 Å². The molecule has 4 rings (SSSR count). The van der Waals surface area contributed by atoms with Gasteiger partial charge < -0.3 is 29.0 Å². The molecule has 0 saturated carbocycles. The Morgan fingerprint density at radius 1 is 1.06 bits per heavy atom. The molecule has 180 valence electrons. The molecular weight excluding hydrogens is 448 g/mol. The van der Waals surface area contributed by atoms with Crippen molar-refractivity contribution in [2.24, 2.45) is 0 Å². The van der Waals surface area contributed by atoms with E-state index in [1.54, 1.807) is 0 Å². The molecule has 2 aromatic carbocycles. The molecule has 1 amide bonds. The number of esters is 1. The molecule has 0 unspecified atom stereocenters. The summed E-state index contributed by atoms with van der Waals surface area (Å²) in [7, 11) is 0. The zero-order chi connectivity index (χ0) is 24.2. The molecule has 6 atom stereocenters. The number of rotatable bonds is 6. The first-order valence-electron chi connectivity index (χ1n) is 10.6. The van der Waals surface area contributed by atoms with E-state index in [4.69, 9.17) is 23.7 Å². The average molecular weight is 472 g/mol. The molecule has 0 aliphatic carbocycles. The smallest absolute Gasteiger partial charge is 0.303 e. The molecule has 0 radical (unpaired) electrons. The number of nitro groups is 1. The Labute approximate surface area is 195 Å². The zero-order valence-corrected chi connectivity index (χ0v) is 18.5. The molecule has 34 heavy (non-hydrogen) atoms. The lowest BCUT2D eigenvalue weighted by molar-refractivity contribution is -0.384. The van der Waals surface area contributed by atoms with Crippen molar-refractivity contribution >= 4 is 17.6 Å². The number of nitrogens with zero attached hydrogens (tertiary/aromatic N) is 1. The predicted octanol–water partition coefficient (Wildman–Crippen LogP) is 2.25. The van der Waals surface area contributed by atoms with Gasteiger partial charge in [-0.2, -0.15) is 0 Å². The second kappa shape index (κ2) is 10.2. The number of benzene rings is 2. The summed E-state index contributed by atoms with van der Waals surface area (Å²) in [5.41, 5.74) is 0.678. The highest BCUT2D eigenvalue weighted by molar-refractivity contribution is 5.73. The second-order valence-corrected chi connectivity index (χ2v) is 7.89. The van der Waals surface area contributed by atoms with Crippen LogP contribution in [0.2, 0.25) is 0 Å². The van der Waals surface area contributed by atoms with Gasteiger partial charge in [0, 0.05) is 31.5 Å². The topological polar surface area (TPSA) is 135 Å². The number of hydrogen-bond acceptors (Lipinski definition) is 9. The molecule has 0 aromatic heterocycles. The molecule has 2 fully saturated rings. The third-order valence-corrected chi connectivity index (χ3v) is 5.38. The minimum atomic E-state index is -1.09. The number of hydrogen-bond donors (Lipinski definition) is 1. The molecule has 2 heterocycles. The Hall–Kier alpha value is -3.54. The second-order valence-electron chi connectivity index (χ2n) is 7.89. The Morgan fingerprint density at radius 3 is 2.38 bits per heavy atom. The van der Waals surface area contributed by atoms with Crippen LogP contribution in [0.25, 0.3) is 0 Å². The molecule has 2 aliphatic rings. The van der Waals surface area contributed by atoms with Crippen molar-refractivity contribution in [1.82, 2.24) is 5.32 Å². The molecule has 1 N–H and O–H groups in total. The standard InChI is InChI=1S/C23H24N2O9/c1-13(26)24-19-21(31-14(2)27)20-18(12-30-22(34-20)15-6-4-3-5-7-15)33-23(19)32-17-10-8-16(9-11-17)25(28)29/h3-11,18-23H,12H2,1-2H3,(H,24,26)/t18-,19-,20-,21-,22-,23+/m1/s1. The van der Waals surface area contributed by atoms with E-state index in [9.17, 15) is 19.7 Å². The van der Waals surface area contributed by atoms with Crippen LogP contribution >= 0.6 is 0 Å². The van der Waals surface area contributed by atoms with E-state index in [0.717, 1.165) is 5.56 Å². The van der Waals surface area contributed by atoms with Gasteiger partial charge in [0.25, 0.3) is 5.69 Å². The molecule has 2 aromatic rings. The largest absolute Gasteiger partial charge is 0.463 e. The number of carbonyl (C=O) groups excluding carboxylic acids is 2. The normalized spacial score (nSPS) is 28.3. The molecule has 11 nitrogen and oxygen atoms in total. The van der Waals surface area contributed by atoms with E-state index in [0.29, 0.717) is 0 Å². The number of ether oxygens (including phenoxy) is 5. The predicted molar refractivity (Wildman–Crippen MR) is 116 cm³/mol. The highest BCUT2D eigenvalue weighted by Crippen LogP contribution is 2.36. The van der Waals surface area contributed by atoms with E-state index in [1.165, 1.54) is 38.1 Å². The van der Waals surface area contributed by atoms with E-state index in [1.807, 2.05) is 30.3 Å². The third kappa shape index (κ3) is 5.33. The van der Waals surface area contributed by atoms with Gasteiger partial charge in [-0.1, -0.05) is 30.3 Å².